The van der Waals surface area contributed by atoms with E-state index in [1.807, 2.05) is 13.0 Å². The molecule has 0 saturated carbocycles. The highest BCUT2D eigenvalue weighted by molar-refractivity contribution is 6.31. The van der Waals surface area contributed by atoms with Crippen LogP contribution in [0.15, 0.2) is 61.2 Å². The number of aryl methyl sites for hydroxylation is 1. The Labute approximate surface area is 244 Å². The van der Waals surface area contributed by atoms with Crippen molar-refractivity contribution in [2.24, 2.45) is 0 Å². The first-order valence-corrected chi connectivity index (χ1v) is 13.5. The highest BCUT2D eigenvalue weighted by atomic mass is 35.5. The first kappa shape index (κ1) is 29.3. The number of alkyl halides is 3. The molecule has 3 N–H and O–H groups in total. The standard InChI is InChI=1S/C28H28ClF3N8O2/c1-18-2-3-19(26(41)37-20-4-5-22(29)21(15-20)28(30,31)32)14-23(18)38-27-34-7-9-40(27)25-16-24(35-17-36-25)33-6-8-39-10-12-42-13-11-39/h2-5,7,9,14-17H,6,8,10-13H2,1H3,(H,34,38)(H,37,41)(H,33,35,36). The molecule has 1 aliphatic rings. The van der Waals surface area contributed by atoms with E-state index in [0.717, 1.165) is 50.5 Å². The number of hydrogen-bond donors (Lipinski definition) is 3. The molecule has 3 heterocycles. The van der Waals surface area contributed by atoms with Gasteiger partial charge in [-0.15, -0.1) is 0 Å². The van der Waals surface area contributed by atoms with Crippen LogP contribution < -0.4 is 16.0 Å². The fourth-order valence-corrected chi connectivity index (χ4v) is 4.59. The van der Waals surface area contributed by atoms with Crippen LogP contribution in [0.25, 0.3) is 5.82 Å². The fraction of sp³-hybridized carbons (Fsp3) is 0.286. The second kappa shape index (κ2) is 12.8. The number of anilines is 4. The van der Waals surface area contributed by atoms with E-state index in [1.165, 1.54) is 12.4 Å². The second-order valence-electron chi connectivity index (χ2n) is 9.56. The van der Waals surface area contributed by atoms with Gasteiger partial charge in [-0.2, -0.15) is 13.2 Å². The number of halogens is 4. The lowest BCUT2D eigenvalue weighted by molar-refractivity contribution is -0.137. The maximum atomic E-state index is 13.2. The highest BCUT2D eigenvalue weighted by Crippen LogP contribution is 2.36. The van der Waals surface area contributed by atoms with E-state index in [1.54, 1.807) is 35.2 Å². The van der Waals surface area contributed by atoms with Gasteiger partial charge in [0.2, 0.25) is 5.95 Å². The third-order valence-corrected chi connectivity index (χ3v) is 6.98. The summed E-state index contributed by atoms with van der Waals surface area (Å²) >= 11 is 5.69. The Morgan fingerprint density at radius 3 is 2.67 bits per heavy atom. The molecular formula is C28H28ClF3N8O2. The molecule has 2 aromatic heterocycles. The Balaban J connectivity index is 1.28. The molecule has 1 aliphatic heterocycles. The molecule has 42 heavy (non-hydrogen) atoms. The van der Waals surface area contributed by atoms with Gasteiger partial charge in [0.05, 0.1) is 23.8 Å². The molecule has 0 bridgehead atoms. The number of imidazole rings is 1. The minimum atomic E-state index is -4.65. The van der Waals surface area contributed by atoms with E-state index in [4.69, 9.17) is 16.3 Å². The van der Waals surface area contributed by atoms with E-state index in [9.17, 15) is 18.0 Å². The molecule has 0 spiro atoms. The Morgan fingerprint density at radius 1 is 1.07 bits per heavy atom. The summed E-state index contributed by atoms with van der Waals surface area (Å²) in [5.74, 6) is 1.11. The van der Waals surface area contributed by atoms with Crippen LogP contribution in [0.5, 0.6) is 0 Å². The number of nitrogens with one attached hydrogen (secondary N) is 3. The zero-order valence-corrected chi connectivity index (χ0v) is 23.3. The summed E-state index contributed by atoms with van der Waals surface area (Å²) in [4.78, 5) is 28.3. The van der Waals surface area contributed by atoms with Gasteiger partial charge in [0.1, 0.15) is 18.0 Å². The van der Waals surface area contributed by atoms with Crippen LogP contribution in [0, 0.1) is 6.92 Å². The molecule has 220 valence electrons. The molecule has 1 amide bonds. The molecule has 10 nitrogen and oxygen atoms in total. The molecule has 0 radical (unpaired) electrons. The van der Waals surface area contributed by atoms with E-state index < -0.39 is 22.7 Å². The van der Waals surface area contributed by atoms with Crippen molar-refractivity contribution in [3.8, 4) is 5.82 Å². The number of carbonyl (C=O) groups excluding carboxylic acids is 1. The van der Waals surface area contributed by atoms with Crippen LogP contribution >= 0.6 is 11.6 Å². The van der Waals surface area contributed by atoms with Crippen molar-refractivity contribution in [1.82, 2.24) is 24.4 Å². The molecular weight excluding hydrogens is 573 g/mol. The van der Waals surface area contributed by atoms with Crippen molar-refractivity contribution in [3.63, 3.8) is 0 Å². The van der Waals surface area contributed by atoms with E-state index in [-0.39, 0.29) is 11.3 Å². The van der Waals surface area contributed by atoms with Crippen LogP contribution in [0.3, 0.4) is 0 Å². The Bertz CT molecular complexity index is 1560. The van der Waals surface area contributed by atoms with Gasteiger partial charge in [0.15, 0.2) is 0 Å². The number of amides is 1. The Kier molecular flexibility index (Phi) is 8.90. The number of ether oxygens (including phenoxy) is 1. The van der Waals surface area contributed by atoms with Gasteiger partial charge < -0.3 is 20.7 Å². The van der Waals surface area contributed by atoms with Gasteiger partial charge in [0.25, 0.3) is 5.91 Å². The minimum absolute atomic E-state index is 0.0273. The molecule has 5 rings (SSSR count). The molecule has 1 saturated heterocycles. The predicted molar refractivity (Wildman–Crippen MR) is 154 cm³/mol. The average Bonchev–Trinajstić information content (AvgIpc) is 3.43. The summed E-state index contributed by atoms with van der Waals surface area (Å²) in [6.45, 7) is 6.73. The van der Waals surface area contributed by atoms with Gasteiger partial charge in [-0.1, -0.05) is 17.7 Å². The molecule has 1 fully saturated rings. The smallest absolute Gasteiger partial charge is 0.379 e. The van der Waals surface area contributed by atoms with Gasteiger partial charge in [-0.3, -0.25) is 14.3 Å². The Morgan fingerprint density at radius 2 is 1.88 bits per heavy atom. The minimum Gasteiger partial charge on any atom is -0.379 e. The Hall–Kier alpha value is -4.20. The van der Waals surface area contributed by atoms with Gasteiger partial charge in [-0.25, -0.2) is 15.0 Å². The zero-order valence-electron chi connectivity index (χ0n) is 22.6. The first-order valence-electron chi connectivity index (χ1n) is 13.1. The zero-order chi connectivity index (χ0) is 29.7. The van der Waals surface area contributed by atoms with Crippen LogP contribution in [-0.4, -0.2) is 69.7 Å². The number of benzene rings is 2. The quantitative estimate of drug-likeness (QED) is 0.235. The summed E-state index contributed by atoms with van der Waals surface area (Å²) in [5, 5.41) is 8.61. The SMILES string of the molecule is Cc1ccc(C(=O)Nc2ccc(Cl)c(C(F)(F)F)c2)cc1Nc1nccn1-c1cc(NCCN2CCOCC2)ncn1. The molecule has 0 aliphatic carbocycles. The maximum Gasteiger partial charge on any atom is 0.417 e. The second-order valence-corrected chi connectivity index (χ2v) is 9.97. The predicted octanol–water partition coefficient (Wildman–Crippen LogP) is 5.38. The van der Waals surface area contributed by atoms with E-state index in [0.29, 0.717) is 29.8 Å². The van der Waals surface area contributed by atoms with Crippen molar-refractivity contribution in [1.29, 1.82) is 0 Å². The molecule has 0 atom stereocenters. The summed E-state index contributed by atoms with van der Waals surface area (Å²) in [6.07, 6.45) is 0.172. The van der Waals surface area contributed by atoms with E-state index >= 15 is 0 Å². The van der Waals surface area contributed by atoms with Crippen molar-refractivity contribution >= 4 is 40.6 Å². The van der Waals surface area contributed by atoms with Crippen LogP contribution in [0.1, 0.15) is 21.5 Å². The van der Waals surface area contributed by atoms with Crippen molar-refractivity contribution in [3.05, 3.63) is 82.9 Å². The third-order valence-electron chi connectivity index (χ3n) is 6.65. The van der Waals surface area contributed by atoms with Crippen molar-refractivity contribution in [2.45, 2.75) is 13.1 Å². The normalized spacial score (nSPS) is 14.0. The number of hydrogen-bond acceptors (Lipinski definition) is 8. The third kappa shape index (κ3) is 7.16. The van der Waals surface area contributed by atoms with Crippen LogP contribution in [0.2, 0.25) is 5.02 Å². The summed E-state index contributed by atoms with van der Waals surface area (Å²) in [7, 11) is 0. The molecule has 4 aromatic rings. The monoisotopic (exact) mass is 600 g/mol. The first-order chi connectivity index (χ1) is 20.2. The number of nitrogens with zero attached hydrogens (tertiary/aromatic N) is 5. The van der Waals surface area contributed by atoms with Crippen molar-refractivity contribution < 1.29 is 22.7 Å². The van der Waals surface area contributed by atoms with Gasteiger partial charge >= 0.3 is 6.18 Å². The van der Waals surface area contributed by atoms with Gasteiger partial charge in [0, 0.05) is 61.6 Å². The molecule has 2 aromatic carbocycles. The summed E-state index contributed by atoms with van der Waals surface area (Å²) in [5.41, 5.74) is 0.583. The van der Waals surface area contributed by atoms with Crippen LogP contribution in [0.4, 0.5) is 36.3 Å². The summed E-state index contributed by atoms with van der Waals surface area (Å²) < 4.78 is 46.8. The lowest BCUT2D eigenvalue weighted by Gasteiger charge is -2.26. The summed E-state index contributed by atoms with van der Waals surface area (Å²) in [6, 6.07) is 9.94. The molecule has 0 unspecified atom stereocenters. The number of carbonyl (C=O) groups is 1. The largest absolute Gasteiger partial charge is 0.417 e. The lowest BCUT2D eigenvalue weighted by atomic mass is 10.1. The topological polar surface area (TPSA) is 109 Å². The van der Waals surface area contributed by atoms with Crippen LogP contribution in [-0.2, 0) is 10.9 Å². The van der Waals surface area contributed by atoms with E-state index in [2.05, 4.69) is 35.8 Å². The molecule has 14 heteroatoms. The number of morpholine rings is 1. The number of aromatic nitrogens is 4. The maximum absolute atomic E-state index is 13.2. The lowest BCUT2D eigenvalue weighted by Crippen LogP contribution is -2.39. The number of rotatable bonds is 9. The fourth-order valence-electron chi connectivity index (χ4n) is 4.36. The van der Waals surface area contributed by atoms with Gasteiger partial charge in [-0.05, 0) is 42.8 Å². The van der Waals surface area contributed by atoms with Crippen molar-refractivity contribution in [2.75, 3.05) is 55.3 Å². The average molecular weight is 601 g/mol. The highest BCUT2D eigenvalue weighted by Gasteiger charge is 2.33.